The number of rotatable bonds is 4. The molecule has 2 unspecified atom stereocenters. The third-order valence-electron chi connectivity index (χ3n) is 6.61. The zero-order valence-electron chi connectivity index (χ0n) is 18.7. The number of aromatic carboxylic acids is 1. The average molecular weight is 463 g/mol. The molecule has 1 saturated carbocycles. The predicted octanol–water partition coefficient (Wildman–Crippen LogP) is 2.03. The summed E-state index contributed by atoms with van der Waals surface area (Å²) in [6.07, 6.45) is 11.5. The highest BCUT2D eigenvalue weighted by molar-refractivity contribution is 5.96. The van der Waals surface area contributed by atoms with E-state index in [-0.39, 0.29) is 23.7 Å². The Morgan fingerprint density at radius 3 is 2.74 bits per heavy atom. The minimum Gasteiger partial charge on any atom is -0.478 e. The van der Waals surface area contributed by atoms with Gasteiger partial charge in [-0.25, -0.2) is 14.4 Å². The van der Waals surface area contributed by atoms with Crippen LogP contribution in [0.2, 0.25) is 0 Å². The maximum absolute atomic E-state index is 13.7. The molecule has 11 nitrogen and oxygen atoms in total. The first-order valence-electron chi connectivity index (χ1n) is 11.3. The first-order valence-corrected chi connectivity index (χ1v) is 11.3. The second-order valence-corrected chi connectivity index (χ2v) is 8.73. The second-order valence-electron chi connectivity index (χ2n) is 8.73. The molecule has 2 N–H and O–H groups in total. The number of aromatic nitrogens is 4. The van der Waals surface area contributed by atoms with E-state index >= 15 is 0 Å². The van der Waals surface area contributed by atoms with Crippen LogP contribution in [0, 0.1) is 6.92 Å². The van der Waals surface area contributed by atoms with Crippen molar-refractivity contribution in [1.29, 1.82) is 0 Å². The van der Waals surface area contributed by atoms with Crippen LogP contribution in [-0.4, -0.2) is 61.4 Å². The first kappa shape index (κ1) is 21.8. The van der Waals surface area contributed by atoms with Gasteiger partial charge in [-0.1, -0.05) is 37.5 Å². The molecule has 1 fully saturated rings. The zero-order chi connectivity index (χ0) is 23.8. The molecule has 0 radical (unpaired) electrons. The molecule has 1 aromatic carbocycles. The van der Waals surface area contributed by atoms with Gasteiger partial charge in [0.1, 0.15) is 6.04 Å². The molecule has 0 spiro atoms. The third-order valence-corrected chi connectivity index (χ3v) is 6.61. The zero-order valence-corrected chi connectivity index (χ0v) is 18.7. The number of nitrogens with zero attached hydrogens (tertiary/aromatic N) is 6. The summed E-state index contributed by atoms with van der Waals surface area (Å²) in [6, 6.07) is 3.61. The number of benzene rings is 1. The molecule has 3 aliphatic rings. The van der Waals surface area contributed by atoms with Crippen molar-refractivity contribution in [2.75, 3.05) is 4.90 Å². The Labute approximate surface area is 195 Å². The lowest BCUT2D eigenvalue weighted by Crippen LogP contribution is -2.48. The number of carboxylic acid groups (broad SMARTS) is 1. The summed E-state index contributed by atoms with van der Waals surface area (Å²) in [5.41, 5.74) is 0.946. The molecule has 176 valence electrons. The van der Waals surface area contributed by atoms with Gasteiger partial charge in [0.25, 0.3) is 0 Å². The fourth-order valence-corrected chi connectivity index (χ4v) is 4.82. The van der Waals surface area contributed by atoms with Crippen LogP contribution in [0.5, 0.6) is 0 Å². The number of allylic oxidation sites excluding steroid dienone is 2. The summed E-state index contributed by atoms with van der Waals surface area (Å²) in [6.45, 7) is 1.70. The molecule has 0 bridgehead atoms. The number of tetrazole rings is 1. The number of carboxylic acids is 1. The molecule has 2 heterocycles. The van der Waals surface area contributed by atoms with Crippen LogP contribution < -0.4 is 15.9 Å². The predicted molar refractivity (Wildman–Crippen MR) is 125 cm³/mol. The van der Waals surface area contributed by atoms with Crippen LogP contribution in [0.15, 0.2) is 46.2 Å². The number of nitrogens with one attached hydrogen (secondary N) is 1. The number of amides is 1. The third kappa shape index (κ3) is 3.72. The van der Waals surface area contributed by atoms with Gasteiger partial charge in [0.05, 0.1) is 23.6 Å². The van der Waals surface area contributed by atoms with Crippen molar-refractivity contribution < 1.29 is 14.7 Å². The van der Waals surface area contributed by atoms with Gasteiger partial charge in [0, 0.05) is 11.7 Å². The van der Waals surface area contributed by atoms with Gasteiger partial charge in [-0.2, -0.15) is 4.68 Å². The highest BCUT2D eigenvalue weighted by Gasteiger charge is 2.34. The van der Waals surface area contributed by atoms with Crippen molar-refractivity contribution in [3.8, 4) is 0 Å². The van der Waals surface area contributed by atoms with E-state index in [2.05, 4.69) is 20.7 Å². The van der Waals surface area contributed by atoms with E-state index in [1.54, 1.807) is 37.5 Å². The number of carbonyl (C=O) groups is 2. The summed E-state index contributed by atoms with van der Waals surface area (Å²) in [5.74, 6) is -1.07. The van der Waals surface area contributed by atoms with E-state index in [1.165, 1.54) is 11.0 Å². The topological polar surface area (TPSA) is 135 Å². The lowest BCUT2D eigenvalue weighted by Gasteiger charge is -2.33. The fraction of sp³-hybridized carbons (Fsp3) is 0.391. The highest BCUT2D eigenvalue weighted by Crippen LogP contribution is 2.29. The number of aliphatic imine (C=N–C) groups is 1. The van der Waals surface area contributed by atoms with E-state index in [0.29, 0.717) is 16.9 Å². The minimum absolute atomic E-state index is 0.0894. The summed E-state index contributed by atoms with van der Waals surface area (Å²) >= 11 is 0. The van der Waals surface area contributed by atoms with Crippen LogP contribution in [0.1, 0.15) is 48.0 Å². The molecule has 2 aromatic rings. The number of anilines is 1. The van der Waals surface area contributed by atoms with Gasteiger partial charge in [0.15, 0.2) is 0 Å². The van der Waals surface area contributed by atoms with Gasteiger partial charge < -0.3 is 10.4 Å². The molecule has 0 saturated heterocycles. The number of fused-ring (bicyclic) bond motifs is 1. The molecule has 1 amide bonds. The number of hydrogen-bond donors (Lipinski definition) is 2. The van der Waals surface area contributed by atoms with Crippen LogP contribution in [-0.2, 0) is 0 Å². The fourth-order valence-electron chi connectivity index (χ4n) is 4.82. The smallest absolute Gasteiger partial charge is 0.377 e. The van der Waals surface area contributed by atoms with E-state index < -0.39 is 17.7 Å². The van der Waals surface area contributed by atoms with E-state index in [9.17, 15) is 19.5 Å². The standard InChI is InChI=1S/C23H25N7O4/c1-14-10-11-16(12-17(14)21(31)32)28(15-6-3-2-4-7-15)22(33)30-23(34)29(26-27-30)19-9-5-8-18-20(19)25-13-24-18/h5,8-13,15,18,20H,2-4,6-7H2,1H3,(H,24,25)(H,31,32). The van der Waals surface area contributed by atoms with Crippen molar-refractivity contribution in [3.63, 3.8) is 0 Å². The molecule has 1 aromatic heterocycles. The Morgan fingerprint density at radius 1 is 1.18 bits per heavy atom. The molecule has 34 heavy (non-hydrogen) atoms. The largest absolute Gasteiger partial charge is 0.478 e. The molecule has 5 rings (SSSR count). The van der Waals surface area contributed by atoms with Crippen molar-refractivity contribution in [3.05, 3.63) is 58.0 Å². The number of aryl methyl sites for hydroxylation is 1. The molecule has 2 atom stereocenters. The Hall–Kier alpha value is -4.02. The van der Waals surface area contributed by atoms with E-state index in [0.717, 1.165) is 41.5 Å². The molecule has 2 aliphatic carbocycles. The average Bonchev–Trinajstić information content (AvgIpc) is 3.47. The van der Waals surface area contributed by atoms with Crippen molar-refractivity contribution >= 4 is 29.7 Å². The summed E-state index contributed by atoms with van der Waals surface area (Å²) in [5, 5.41) is 20.6. The van der Waals surface area contributed by atoms with Crippen LogP contribution in [0.3, 0.4) is 0 Å². The van der Waals surface area contributed by atoms with Gasteiger partial charge >= 0.3 is 17.7 Å². The number of hydrogen-bond acceptors (Lipinski definition) is 7. The Balaban J connectivity index is 1.54. The Kier molecular flexibility index (Phi) is 5.60. The van der Waals surface area contributed by atoms with Crippen LogP contribution in [0.25, 0.3) is 5.70 Å². The van der Waals surface area contributed by atoms with Gasteiger partial charge in [-0.15, -0.1) is 4.68 Å². The SMILES string of the molecule is Cc1ccc(N(C(=O)n2nnn(C3=CC=CC4NC=NC34)c2=O)C2CCCCC2)cc1C(=O)O. The maximum Gasteiger partial charge on any atom is 0.377 e. The van der Waals surface area contributed by atoms with Crippen LogP contribution >= 0.6 is 0 Å². The second kappa shape index (κ2) is 8.73. The molecular weight excluding hydrogens is 438 g/mol. The Morgan fingerprint density at radius 2 is 1.97 bits per heavy atom. The van der Waals surface area contributed by atoms with Gasteiger partial charge in [0.2, 0.25) is 0 Å². The van der Waals surface area contributed by atoms with E-state index in [4.69, 9.17) is 0 Å². The van der Waals surface area contributed by atoms with Crippen molar-refractivity contribution in [2.45, 2.75) is 57.2 Å². The molecule has 11 heteroatoms. The summed E-state index contributed by atoms with van der Waals surface area (Å²) < 4.78 is 1.84. The minimum atomic E-state index is -1.07. The molecular formula is C23H25N7O4. The summed E-state index contributed by atoms with van der Waals surface area (Å²) in [4.78, 5) is 44.6. The molecule has 1 aliphatic heterocycles. The quantitative estimate of drug-likeness (QED) is 0.663. The highest BCUT2D eigenvalue weighted by atomic mass is 16.4. The first-order chi connectivity index (χ1) is 16.5. The maximum atomic E-state index is 13.7. The van der Waals surface area contributed by atoms with E-state index in [1.807, 2.05) is 6.08 Å². The lowest BCUT2D eigenvalue weighted by atomic mass is 9.93. The number of carbonyl (C=O) groups excluding carboxylic acids is 1. The van der Waals surface area contributed by atoms with Gasteiger partial charge in [-0.3, -0.25) is 9.89 Å². The summed E-state index contributed by atoms with van der Waals surface area (Å²) in [7, 11) is 0. The van der Waals surface area contributed by atoms with Crippen LogP contribution in [0.4, 0.5) is 10.5 Å². The lowest BCUT2D eigenvalue weighted by molar-refractivity contribution is 0.0696. The normalized spacial score (nSPS) is 21.6. The van der Waals surface area contributed by atoms with Crippen molar-refractivity contribution in [1.82, 2.24) is 25.1 Å². The van der Waals surface area contributed by atoms with Gasteiger partial charge in [-0.05, 0) is 54.0 Å². The van der Waals surface area contributed by atoms with Crippen molar-refractivity contribution in [2.24, 2.45) is 4.99 Å². The monoisotopic (exact) mass is 463 g/mol. The Bertz CT molecular complexity index is 1280.